The Labute approximate surface area is 73.9 Å². The number of hydrogen-bond acceptors (Lipinski definition) is 3. The molecule has 0 fully saturated rings. The predicted octanol–water partition coefficient (Wildman–Crippen LogP) is 0.937. The summed E-state index contributed by atoms with van der Waals surface area (Å²) in [5.74, 6) is -0.130. The number of pyridine rings is 2. The molecule has 4 heteroatoms. The van der Waals surface area contributed by atoms with Gasteiger partial charge < -0.3 is 5.11 Å². The smallest absolute Gasteiger partial charge is 0.252 e. The van der Waals surface area contributed by atoms with Gasteiger partial charge in [0.1, 0.15) is 0 Å². The number of aromatic amines is 1. The van der Waals surface area contributed by atoms with Gasteiger partial charge in [-0.3, -0.25) is 14.8 Å². The summed E-state index contributed by atoms with van der Waals surface area (Å²) in [4.78, 5) is 17.4. The van der Waals surface area contributed by atoms with Crippen molar-refractivity contribution in [3.8, 4) is 5.88 Å². The van der Waals surface area contributed by atoms with E-state index in [1.807, 2.05) is 6.92 Å². The first-order valence-electron chi connectivity index (χ1n) is 3.86. The Bertz CT molecular complexity index is 516. The molecule has 2 aromatic heterocycles. The highest BCUT2D eigenvalue weighted by molar-refractivity contribution is 5.82. The molecule has 0 saturated heterocycles. The van der Waals surface area contributed by atoms with Crippen LogP contribution < -0.4 is 5.56 Å². The third-order valence-electron chi connectivity index (χ3n) is 1.83. The van der Waals surface area contributed by atoms with Crippen molar-refractivity contribution in [3.63, 3.8) is 0 Å². The van der Waals surface area contributed by atoms with Crippen LogP contribution in [0.4, 0.5) is 0 Å². The van der Waals surface area contributed by atoms with Gasteiger partial charge >= 0.3 is 0 Å². The van der Waals surface area contributed by atoms with Crippen molar-refractivity contribution in [2.24, 2.45) is 0 Å². The Morgan fingerprint density at radius 3 is 3.00 bits per heavy atom. The minimum atomic E-state index is -0.344. The molecule has 66 valence electrons. The van der Waals surface area contributed by atoms with Gasteiger partial charge in [-0.05, 0) is 19.1 Å². The summed E-state index contributed by atoms with van der Waals surface area (Å²) in [6.45, 7) is 1.83. The van der Waals surface area contributed by atoms with E-state index >= 15 is 0 Å². The Hall–Kier alpha value is -1.84. The van der Waals surface area contributed by atoms with E-state index in [1.165, 1.54) is 6.07 Å². The van der Waals surface area contributed by atoms with E-state index in [-0.39, 0.29) is 11.4 Å². The minimum Gasteiger partial charge on any atom is -0.494 e. The van der Waals surface area contributed by atoms with Crippen molar-refractivity contribution in [1.29, 1.82) is 0 Å². The van der Waals surface area contributed by atoms with Crippen LogP contribution in [0, 0.1) is 6.92 Å². The largest absolute Gasteiger partial charge is 0.494 e. The minimum absolute atomic E-state index is 0.130. The summed E-state index contributed by atoms with van der Waals surface area (Å²) >= 11 is 0. The number of H-pyrrole nitrogens is 1. The maximum absolute atomic E-state index is 11.0. The Morgan fingerprint density at radius 2 is 2.23 bits per heavy atom. The molecule has 0 aromatic carbocycles. The average Bonchev–Trinajstić information content (AvgIpc) is 2.02. The van der Waals surface area contributed by atoms with Gasteiger partial charge in [0.2, 0.25) is 5.88 Å². The topological polar surface area (TPSA) is 66.0 Å². The first-order valence-corrected chi connectivity index (χ1v) is 3.86. The number of aromatic hydroxyl groups is 1. The summed E-state index contributed by atoms with van der Waals surface area (Å²) in [6, 6.07) is 4.87. The second kappa shape index (κ2) is 2.58. The summed E-state index contributed by atoms with van der Waals surface area (Å²) in [5, 5.41) is 9.91. The van der Waals surface area contributed by atoms with Crippen LogP contribution >= 0.6 is 0 Å². The fraction of sp³-hybridized carbons (Fsp3) is 0.111. The second-order valence-electron chi connectivity index (χ2n) is 2.87. The molecule has 0 aliphatic heterocycles. The molecule has 2 rings (SSSR count). The number of aromatic nitrogens is 2. The van der Waals surface area contributed by atoms with Gasteiger partial charge in [0.05, 0.1) is 10.9 Å². The van der Waals surface area contributed by atoms with Crippen LogP contribution in [0.15, 0.2) is 23.0 Å². The quantitative estimate of drug-likeness (QED) is 0.627. The standard InChI is InChI=1S/C9H8N2O2/c1-5-2-3-6-7(10-5)4-8(12)11-9(6)13/h2-4H,1H3,(H2,11,12,13). The van der Waals surface area contributed by atoms with E-state index in [0.717, 1.165) is 5.69 Å². The number of hydrogen-bond donors (Lipinski definition) is 2. The number of nitrogens with one attached hydrogen (secondary N) is 1. The zero-order valence-corrected chi connectivity index (χ0v) is 7.03. The van der Waals surface area contributed by atoms with Crippen LogP contribution in [0.2, 0.25) is 0 Å². The van der Waals surface area contributed by atoms with E-state index in [9.17, 15) is 9.90 Å². The SMILES string of the molecule is Cc1ccc2c(O)[nH]c(=O)cc2n1. The van der Waals surface area contributed by atoms with Gasteiger partial charge in [-0.25, -0.2) is 0 Å². The molecule has 0 spiro atoms. The molecule has 2 aromatic rings. The Balaban J connectivity index is 2.94. The van der Waals surface area contributed by atoms with E-state index in [4.69, 9.17) is 0 Å². The lowest BCUT2D eigenvalue weighted by molar-refractivity contribution is 0.458. The zero-order chi connectivity index (χ0) is 9.42. The lowest BCUT2D eigenvalue weighted by Gasteiger charge is -1.99. The molecule has 2 heterocycles. The number of fused-ring (bicyclic) bond motifs is 1. The molecular weight excluding hydrogens is 168 g/mol. The maximum Gasteiger partial charge on any atom is 0.252 e. The highest BCUT2D eigenvalue weighted by atomic mass is 16.3. The third-order valence-corrected chi connectivity index (χ3v) is 1.83. The van der Waals surface area contributed by atoms with Crippen molar-refractivity contribution in [3.05, 3.63) is 34.2 Å². The molecule has 0 radical (unpaired) electrons. The predicted molar refractivity (Wildman–Crippen MR) is 48.8 cm³/mol. The summed E-state index contributed by atoms with van der Waals surface area (Å²) in [7, 11) is 0. The van der Waals surface area contributed by atoms with Crippen LogP contribution in [0.1, 0.15) is 5.69 Å². The van der Waals surface area contributed by atoms with Gasteiger partial charge in [0, 0.05) is 11.8 Å². The molecule has 13 heavy (non-hydrogen) atoms. The van der Waals surface area contributed by atoms with Crippen molar-refractivity contribution in [1.82, 2.24) is 9.97 Å². The Morgan fingerprint density at radius 1 is 1.46 bits per heavy atom. The normalized spacial score (nSPS) is 10.5. The number of aryl methyl sites for hydroxylation is 1. The molecule has 0 unspecified atom stereocenters. The molecule has 0 aliphatic carbocycles. The molecule has 0 amide bonds. The lowest BCUT2D eigenvalue weighted by Crippen LogP contribution is -2.03. The van der Waals surface area contributed by atoms with Crippen molar-refractivity contribution in [2.45, 2.75) is 6.92 Å². The van der Waals surface area contributed by atoms with Crippen LogP contribution in [0.3, 0.4) is 0 Å². The first kappa shape index (κ1) is 7.79. The average molecular weight is 176 g/mol. The number of nitrogens with zero attached hydrogens (tertiary/aromatic N) is 1. The maximum atomic E-state index is 11.0. The van der Waals surface area contributed by atoms with Crippen LogP contribution in [0.5, 0.6) is 5.88 Å². The second-order valence-corrected chi connectivity index (χ2v) is 2.87. The summed E-state index contributed by atoms with van der Waals surface area (Å²) in [6.07, 6.45) is 0. The van der Waals surface area contributed by atoms with Crippen molar-refractivity contribution in [2.75, 3.05) is 0 Å². The van der Waals surface area contributed by atoms with Crippen molar-refractivity contribution >= 4 is 10.9 Å². The lowest BCUT2D eigenvalue weighted by atomic mass is 10.2. The fourth-order valence-corrected chi connectivity index (χ4v) is 1.23. The molecule has 0 aliphatic rings. The van der Waals surface area contributed by atoms with Crippen LogP contribution in [-0.4, -0.2) is 15.1 Å². The van der Waals surface area contributed by atoms with E-state index in [0.29, 0.717) is 10.9 Å². The third kappa shape index (κ3) is 1.26. The van der Waals surface area contributed by atoms with Gasteiger partial charge in [0.15, 0.2) is 0 Å². The van der Waals surface area contributed by atoms with Gasteiger partial charge in [-0.1, -0.05) is 0 Å². The van der Waals surface area contributed by atoms with E-state index in [1.54, 1.807) is 12.1 Å². The monoisotopic (exact) mass is 176 g/mol. The highest BCUT2D eigenvalue weighted by Gasteiger charge is 2.01. The zero-order valence-electron chi connectivity index (χ0n) is 7.03. The molecule has 0 bridgehead atoms. The van der Waals surface area contributed by atoms with Crippen molar-refractivity contribution < 1.29 is 5.11 Å². The van der Waals surface area contributed by atoms with Gasteiger partial charge in [0.25, 0.3) is 5.56 Å². The fourth-order valence-electron chi connectivity index (χ4n) is 1.23. The van der Waals surface area contributed by atoms with Gasteiger partial charge in [-0.15, -0.1) is 0 Å². The van der Waals surface area contributed by atoms with Crippen LogP contribution in [-0.2, 0) is 0 Å². The highest BCUT2D eigenvalue weighted by Crippen LogP contribution is 2.17. The number of rotatable bonds is 0. The summed E-state index contributed by atoms with van der Waals surface area (Å²) in [5.41, 5.74) is 0.988. The molecule has 4 nitrogen and oxygen atoms in total. The Kier molecular flexibility index (Phi) is 1.55. The van der Waals surface area contributed by atoms with Gasteiger partial charge in [-0.2, -0.15) is 0 Å². The first-order chi connectivity index (χ1) is 6.16. The summed E-state index contributed by atoms with van der Waals surface area (Å²) < 4.78 is 0. The molecule has 0 saturated carbocycles. The van der Waals surface area contributed by atoms with Crippen LogP contribution in [0.25, 0.3) is 10.9 Å². The molecule has 2 N–H and O–H groups in total. The molecule has 0 atom stereocenters. The molecular formula is C9H8N2O2. The van der Waals surface area contributed by atoms with E-state index in [2.05, 4.69) is 9.97 Å². The van der Waals surface area contributed by atoms with E-state index < -0.39 is 0 Å².